The molecule has 0 aliphatic heterocycles. The number of fused-ring (bicyclic) bond motifs is 1. The molecule has 4 aromatic rings. The molecule has 0 aliphatic rings. The van der Waals surface area contributed by atoms with Crippen molar-refractivity contribution >= 4 is 42.5 Å². The molecule has 2 heterocycles. The Bertz CT molecular complexity index is 1890. The first-order valence-corrected chi connectivity index (χ1v) is 15.5. The molecule has 10 nitrogen and oxygen atoms in total. The van der Waals surface area contributed by atoms with Gasteiger partial charge in [0.05, 0.1) is 10.6 Å². The summed E-state index contributed by atoms with van der Waals surface area (Å²) in [4.78, 5) is 11.8. The topological polar surface area (TPSA) is 154 Å². The van der Waals surface area contributed by atoms with Crippen molar-refractivity contribution in [2.45, 2.75) is 29.0 Å². The van der Waals surface area contributed by atoms with Gasteiger partial charge >= 0.3 is 12.8 Å². The van der Waals surface area contributed by atoms with Crippen LogP contribution in [0.3, 0.4) is 0 Å². The molecule has 0 bridgehead atoms. The number of benzene rings is 2. The van der Waals surface area contributed by atoms with Gasteiger partial charge in [0.15, 0.2) is 25.5 Å². The number of sulfone groups is 2. The van der Waals surface area contributed by atoms with E-state index in [1.807, 2.05) is 0 Å². The lowest BCUT2D eigenvalue weighted by molar-refractivity contribution is -0.115. The Hall–Kier alpha value is -4.12. The molecular formula is C25H22F5N5O5S2. The number of nitrogens with zero attached hydrogens (tertiary/aromatic N) is 3. The third-order valence-corrected chi connectivity index (χ3v) is 8.01. The summed E-state index contributed by atoms with van der Waals surface area (Å²) in [6.45, 7) is -4.80. The van der Waals surface area contributed by atoms with Gasteiger partial charge in [0.25, 0.3) is 0 Å². The van der Waals surface area contributed by atoms with Gasteiger partial charge in [-0.05, 0) is 53.9 Å². The molecule has 0 spiro atoms. The van der Waals surface area contributed by atoms with Gasteiger partial charge in [0.1, 0.15) is 28.2 Å². The highest BCUT2D eigenvalue weighted by molar-refractivity contribution is 7.91. The second-order valence-corrected chi connectivity index (χ2v) is 13.2. The first-order chi connectivity index (χ1) is 19.4. The summed E-state index contributed by atoms with van der Waals surface area (Å²) >= 11 is 0. The lowest BCUT2D eigenvalue weighted by Gasteiger charge is -2.16. The maximum absolute atomic E-state index is 13.0. The zero-order valence-corrected chi connectivity index (χ0v) is 23.4. The third-order valence-electron chi connectivity index (χ3n) is 5.78. The Morgan fingerprint density at radius 2 is 1.64 bits per heavy atom. The highest BCUT2D eigenvalue weighted by Crippen LogP contribution is 2.34. The molecule has 17 heteroatoms. The Labute approximate surface area is 236 Å². The van der Waals surface area contributed by atoms with Crippen molar-refractivity contribution in [2.75, 3.05) is 30.1 Å². The fourth-order valence-electron chi connectivity index (χ4n) is 4.03. The van der Waals surface area contributed by atoms with Crippen LogP contribution in [0.1, 0.15) is 11.1 Å². The number of hydrogen-bond donors (Lipinski definition) is 2. The second kappa shape index (κ2) is 11.3. The SMILES string of the molecule is CS(=O)(=O)c1cccc(Cc2cc(-c3ccc(OC(F)F)c(S(C)(=O)=O)c3)nc3c(NCC(F)(F)F)nc(N)nc23)c1. The monoisotopic (exact) mass is 631 g/mol. The highest BCUT2D eigenvalue weighted by Gasteiger charge is 2.28. The maximum Gasteiger partial charge on any atom is 0.405 e. The predicted molar refractivity (Wildman–Crippen MR) is 144 cm³/mol. The number of hydrogen-bond acceptors (Lipinski definition) is 10. The fraction of sp³-hybridized carbons (Fsp3) is 0.240. The summed E-state index contributed by atoms with van der Waals surface area (Å²) in [5, 5.41) is 2.14. The van der Waals surface area contributed by atoms with Gasteiger partial charge in [-0.1, -0.05) is 12.1 Å². The van der Waals surface area contributed by atoms with Crippen LogP contribution in [0, 0.1) is 0 Å². The lowest BCUT2D eigenvalue weighted by Crippen LogP contribution is -2.22. The van der Waals surface area contributed by atoms with E-state index < -0.39 is 49.7 Å². The van der Waals surface area contributed by atoms with Gasteiger partial charge in [-0.3, -0.25) is 0 Å². The van der Waals surface area contributed by atoms with E-state index in [1.165, 1.54) is 30.3 Å². The van der Waals surface area contributed by atoms with Crippen LogP contribution in [0.4, 0.5) is 33.7 Å². The van der Waals surface area contributed by atoms with Crippen LogP contribution in [0.15, 0.2) is 58.3 Å². The number of nitrogens with two attached hydrogens (primary N) is 1. The molecular weight excluding hydrogens is 609 g/mol. The van der Waals surface area contributed by atoms with Crippen molar-refractivity contribution in [1.82, 2.24) is 15.0 Å². The van der Waals surface area contributed by atoms with E-state index in [9.17, 15) is 38.8 Å². The van der Waals surface area contributed by atoms with Crippen molar-refractivity contribution in [2.24, 2.45) is 0 Å². The average molecular weight is 632 g/mol. The lowest BCUT2D eigenvalue weighted by atomic mass is 10.0. The summed E-state index contributed by atoms with van der Waals surface area (Å²) in [7, 11) is -7.66. The normalized spacial score (nSPS) is 12.6. The minimum absolute atomic E-state index is 0.00391. The molecule has 224 valence electrons. The van der Waals surface area contributed by atoms with E-state index in [1.54, 1.807) is 6.07 Å². The van der Waals surface area contributed by atoms with Crippen molar-refractivity contribution < 1.29 is 43.5 Å². The molecule has 0 unspecified atom stereocenters. The molecule has 0 fully saturated rings. The number of rotatable bonds is 9. The largest absolute Gasteiger partial charge is 0.433 e. The number of ether oxygens (including phenoxy) is 1. The summed E-state index contributed by atoms with van der Waals surface area (Å²) in [6, 6.07) is 10.7. The Morgan fingerprint density at radius 1 is 0.929 bits per heavy atom. The minimum Gasteiger partial charge on any atom is -0.433 e. The van der Waals surface area contributed by atoms with Gasteiger partial charge in [0, 0.05) is 18.1 Å². The third kappa shape index (κ3) is 7.39. The van der Waals surface area contributed by atoms with Crippen molar-refractivity contribution in [3.63, 3.8) is 0 Å². The maximum atomic E-state index is 13.0. The summed E-state index contributed by atoms with van der Waals surface area (Å²) < 4.78 is 118. The quantitative estimate of drug-likeness (QED) is 0.256. The molecule has 0 aliphatic carbocycles. The fourth-order valence-corrected chi connectivity index (χ4v) is 5.55. The molecule has 2 aromatic heterocycles. The number of halogens is 5. The van der Waals surface area contributed by atoms with Crippen LogP contribution >= 0.6 is 0 Å². The Balaban J connectivity index is 1.97. The van der Waals surface area contributed by atoms with Crippen LogP contribution in [0.25, 0.3) is 22.3 Å². The van der Waals surface area contributed by atoms with E-state index in [0.29, 0.717) is 11.1 Å². The van der Waals surface area contributed by atoms with Crippen molar-refractivity contribution in [3.05, 3.63) is 59.7 Å². The number of pyridine rings is 1. The van der Waals surface area contributed by atoms with Crippen LogP contribution in [-0.4, -0.2) is 63.6 Å². The van der Waals surface area contributed by atoms with Crippen molar-refractivity contribution in [1.29, 1.82) is 0 Å². The Morgan fingerprint density at radius 3 is 2.26 bits per heavy atom. The second-order valence-electron chi connectivity index (χ2n) is 9.17. The standard InChI is InChI=1S/C25H22F5N5O5S2/c1-41(36,37)16-5-3-4-13(9-16)8-15-10-17(14-6-7-18(40-23(26)27)19(11-14)42(2,38)39)33-21-20(15)34-24(31)35-22(21)32-12-25(28,29)30/h3-7,9-11,23H,8,12H2,1-2H3,(H3,31,32,34,35). The van der Waals surface area contributed by atoms with Gasteiger partial charge in [-0.25, -0.2) is 26.8 Å². The molecule has 0 saturated carbocycles. The number of nitrogen functional groups attached to an aromatic ring is 1. The zero-order valence-electron chi connectivity index (χ0n) is 21.8. The molecule has 42 heavy (non-hydrogen) atoms. The zero-order chi connectivity index (χ0) is 31.0. The van der Waals surface area contributed by atoms with Crippen LogP contribution in [0.2, 0.25) is 0 Å². The van der Waals surface area contributed by atoms with Gasteiger partial charge < -0.3 is 15.8 Å². The molecule has 4 rings (SSSR count). The number of alkyl halides is 5. The van der Waals surface area contributed by atoms with E-state index in [2.05, 4.69) is 25.0 Å². The van der Waals surface area contributed by atoms with Crippen LogP contribution in [-0.2, 0) is 26.1 Å². The van der Waals surface area contributed by atoms with Crippen LogP contribution in [0.5, 0.6) is 5.75 Å². The van der Waals surface area contributed by atoms with Gasteiger partial charge in [-0.15, -0.1) is 0 Å². The average Bonchev–Trinajstić information content (AvgIpc) is 2.86. The summed E-state index contributed by atoms with van der Waals surface area (Å²) in [5.74, 6) is -1.36. The minimum atomic E-state index is -4.64. The highest BCUT2D eigenvalue weighted by atomic mass is 32.2. The van der Waals surface area contributed by atoms with E-state index >= 15 is 0 Å². The number of aromatic nitrogens is 3. The smallest absolute Gasteiger partial charge is 0.405 e. The Kier molecular flexibility index (Phi) is 8.28. The molecule has 0 atom stereocenters. The summed E-state index contributed by atoms with van der Waals surface area (Å²) in [5.41, 5.74) is 6.58. The summed E-state index contributed by atoms with van der Waals surface area (Å²) in [6.07, 6.45) is -2.83. The molecule has 2 aromatic carbocycles. The van der Waals surface area contributed by atoms with E-state index in [4.69, 9.17) is 5.73 Å². The first kappa shape index (κ1) is 30.8. The van der Waals surface area contributed by atoms with E-state index in [0.717, 1.165) is 24.6 Å². The van der Waals surface area contributed by atoms with Gasteiger partial charge in [-0.2, -0.15) is 26.9 Å². The van der Waals surface area contributed by atoms with Crippen molar-refractivity contribution in [3.8, 4) is 17.0 Å². The number of anilines is 2. The molecule has 0 radical (unpaired) electrons. The van der Waals surface area contributed by atoms with Crippen LogP contribution < -0.4 is 15.8 Å². The van der Waals surface area contributed by atoms with E-state index in [-0.39, 0.29) is 45.4 Å². The predicted octanol–water partition coefficient (Wildman–Crippen LogP) is 4.25. The molecule has 3 N–H and O–H groups in total. The van der Waals surface area contributed by atoms with Gasteiger partial charge in [0.2, 0.25) is 5.95 Å². The first-order valence-electron chi connectivity index (χ1n) is 11.8. The number of nitrogens with one attached hydrogen (secondary N) is 1. The molecule has 0 amide bonds. The molecule has 0 saturated heterocycles.